The van der Waals surface area contributed by atoms with Crippen molar-refractivity contribution in [2.45, 2.75) is 39.2 Å². The molecule has 28 heavy (non-hydrogen) atoms. The van der Waals surface area contributed by atoms with Gasteiger partial charge in [-0.2, -0.15) is 0 Å². The summed E-state index contributed by atoms with van der Waals surface area (Å²) >= 11 is 0. The van der Waals surface area contributed by atoms with Gasteiger partial charge in [-0.25, -0.2) is 9.97 Å². The van der Waals surface area contributed by atoms with Crippen molar-refractivity contribution in [1.29, 1.82) is 0 Å². The molecular formula is C21H28N4O3. The molecule has 0 saturated carbocycles. The number of hydrogen-bond acceptors (Lipinski definition) is 6. The van der Waals surface area contributed by atoms with Crippen LogP contribution in [0.15, 0.2) is 24.3 Å². The van der Waals surface area contributed by atoms with Gasteiger partial charge in [-0.15, -0.1) is 0 Å². The molecule has 1 N–H and O–H groups in total. The van der Waals surface area contributed by atoms with E-state index in [2.05, 4.69) is 20.2 Å². The molecular weight excluding hydrogens is 356 g/mol. The number of aromatic nitrogens is 2. The highest BCUT2D eigenvalue weighted by Gasteiger charge is 2.16. The molecule has 150 valence electrons. The van der Waals surface area contributed by atoms with Crippen LogP contribution >= 0.6 is 0 Å². The van der Waals surface area contributed by atoms with E-state index >= 15 is 0 Å². The van der Waals surface area contributed by atoms with Gasteiger partial charge in [-0.3, -0.25) is 4.79 Å². The molecule has 0 bridgehead atoms. The van der Waals surface area contributed by atoms with Gasteiger partial charge in [0.25, 0.3) is 5.91 Å². The molecule has 2 heterocycles. The molecule has 1 fully saturated rings. The van der Waals surface area contributed by atoms with E-state index in [1.807, 2.05) is 25.1 Å². The zero-order chi connectivity index (χ0) is 19.9. The Bertz CT molecular complexity index is 817. The van der Waals surface area contributed by atoms with Gasteiger partial charge in [0.2, 0.25) is 0 Å². The number of benzene rings is 1. The van der Waals surface area contributed by atoms with Crippen LogP contribution in [0.4, 0.5) is 5.82 Å². The summed E-state index contributed by atoms with van der Waals surface area (Å²) in [5.41, 5.74) is 1.32. The van der Waals surface area contributed by atoms with E-state index in [1.165, 1.54) is 12.8 Å². The second-order valence-corrected chi connectivity index (χ2v) is 6.93. The summed E-state index contributed by atoms with van der Waals surface area (Å²) in [5, 5.41) is 2.93. The minimum atomic E-state index is -0.212. The maximum absolute atomic E-state index is 12.7. The van der Waals surface area contributed by atoms with E-state index in [-0.39, 0.29) is 5.91 Å². The Labute approximate surface area is 166 Å². The first-order chi connectivity index (χ1) is 13.6. The van der Waals surface area contributed by atoms with Crippen LogP contribution in [0.5, 0.6) is 11.5 Å². The highest BCUT2D eigenvalue weighted by atomic mass is 16.5. The average molecular weight is 384 g/mol. The van der Waals surface area contributed by atoms with E-state index in [0.717, 1.165) is 37.3 Å². The van der Waals surface area contributed by atoms with E-state index in [0.29, 0.717) is 29.6 Å². The SMILES string of the molecule is COc1ccc(CNC(=O)c2cc(N3CCCCCC3)nc(C)n2)cc1OC. The summed E-state index contributed by atoms with van der Waals surface area (Å²) in [6.07, 6.45) is 4.81. The Hall–Kier alpha value is -2.83. The summed E-state index contributed by atoms with van der Waals surface area (Å²) in [4.78, 5) is 23.8. The number of amides is 1. The van der Waals surface area contributed by atoms with Gasteiger partial charge >= 0.3 is 0 Å². The Morgan fingerprint density at radius 1 is 1.04 bits per heavy atom. The molecule has 7 heteroatoms. The number of nitrogens with zero attached hydrogens (tertiary/aromatic N) is 3. The normalized spacial score (nSPS) is 14.3. The van der Waals surface area contributed by atoms with Crippen molar-refractivity contribution in [3.63, 3.8) is 0 Å². The minimum Gasteiger partial charge on any atom is -0.493 e. The van der Waals surface area contributed by atoms with Gasteiger partial charge in [0, 0.05) is 25.7 Å². The van der Waals surface area contributed by atoms with Crippen LogP contribution in [0.1, 0.15) is 47.6 Å². The van der Waals surface area contributed by atoms with E-state index in [9.17, 15) is 4.79 Å². The molecule has 0 radical (unpaired) electrons. The molecule has 1 saturated heterocycles. The second kappa shape index (κ2) is 9.39. The van der Waals surface area contributed by atoms with Crippen LogP contribution in [0, 0.1) is 6.92 Å². The van der Waals surface area contributed by atoms with Crippen molar-refractivity contribution in [3.05, 3.63) is 41.3 Å². The van der Waals surface area contributed by atoms with E-state index in [1.54, 1.807) is 20.3 Å². The molecule has 7 nitrogen and oxygen atoms in total. The number of carbonyl (C=O) groups is 1. The van der Waals surface area contributed by atoms with Crippen molar-refractivity contribution < 1.29 is 14.3 Å². The van der Waals surface area contributed by atoms with Gasteiger partial charge in [0.05, 0.1) is 14.2 Å². The average Bonchev–Trinajstić information content (AvgIpc) is 3.00. The Kier molecular flexibility index (Phi) is 6.68. The lowest BCUT2D eigenvalue weighted by molar-refractivity contribution is 0.0945. The Balaban J connectivity index is 1.70. The highest BCUT2D eigenvalue weighted by molar-refractivity contribution is 5.92. The summed E-state index contributed by atoms with van der Waals surface area (Å²) in [7, 11) is 3.19. The maximum atomic E-state index is 12.7. The lowest BCUT2D eigenvalue weighted by atomic mass is 10.2. The van der Waals surface area contributed by atoms with Crippen LogP contribution in [0.25, 0.3) is 0 Å². The molecule has 1 aliphatic heterocycles. The van der Waals surface area contributed by atoms with Crippen molar-refractivity contribution >= 4 is 11.7 Å². The third-order valence-corrected chi connectivity index (χ3v) is 4.89. The molecule has 1 amide bonds. The van der Waals surface area contributed by atoms with Crippen molar-refractivity contribution in [2.24, 2.45) is 0 Å². The molecule has 1 aliphatic rings. The van der Waals surface area contributed by atoms with Gasteiger partial charge in [-0.05, 0) is 37.5 Å². The summed E-state index contributed by atoms with van der Waals surface area (Å²) in [6.45, 7) is 4.15. The van der Waals surface area contributed by atoms with Gasteiger partial charge in [0.1, 0.15) is 17.3 Å². The Morgan fingerprint density at radius 3 is 2.43 bits per heavy atom. The fraction of sp³-hybridized carbons (Fsp3) is 0.476. The molecule has 0 unspecified atom stereocenters. The molecule has 0 atom stereocenters. The number of carbonyl (C=O) groups excluding carboxylic acids is 1. The van der Waals surface area contributed by atoms with Crippen molar-refractivity contribution in [3.8, 4) is 11.5 Å². The number of methoxy groups -OCH3 is 2. The number of nitrogens with one attached hydrogen (secondary N) is 1. The van der Waals surface area contributed by atoms with E-state index in [4.69, 9.17) is 9.47 Å². The molecule has 1 aromatic heterocycles. The third-order valence-electron chi connectivity index (χ3n) is 4.89. The largest absolute Gasteiger partial charge is 0.493 e. The van der Waals surface area contributed by atoms with Crippen molar-refractivity contribution in [2.75, 3.05) is 32.2 Å². The topological polar surface area (TPSA) is 76.6 Å². The Morgan fingerprint density at radius 2 is 1.75 bits per heavy atom. The maximum Gasteiger partial charge on any atom is 0.270 e. The molecule has 0 aliphatic carbocycles. The van der Waals surface area contributed by atoms with Gasteiger partial charge in [0.15, 0.2) is 11.5 Å². The van der Waals surface area contributed by atoms with Gasteiger partial charge < -0.3 is 19.7 Å². The smallest absolute Gasteiger partial charge is 0.270 e. The second-order valence-electron chi connectivity index (χ2n) is 6.93. The molecule has 0 spiro atoms. The predicted octanol–water partition coefficient (Wildman–Crippen LogP) is 3.11. The van der Waals surface area contributed by atoms with Crippen LogP contribution in [0.3, 0.4) is 0 Å². The summed E-state index contributed by atoms with van der Waals surface area (Å²) in [5.74, 6) is 2.53. The van der Waals surface area contributed by atoms with Crippen LogP contribution in [-0.4, -0.2) is 43.2 Å². The fourth-order valence-electron chi connectivity index (χ4n) is 3.39. The number of anilines is 1. The standard InChI is InChI=1S/C21H28N4O3/c1-15-23-17(13-20(24-15)25-10-6-4-5-7-11-25)21(26)22-14-16-8-9-18(27-2)19(12-16)28-3/h8-9,12-13H,4-7,10-11,14H2,1-3H3,(H,22,26). The first-order valence-electron chi connectivity index (χ1n) is 9.70. The molecule has 1 aromatic carbocycles. The zero-order valence-electron chi connectivity index (χ0n) is 16.8. The lowest BCUT2D eigenvalue weighted by Gasteiger charge is -2.22. The highest BCUT2D eigenvalue weighted by Crippen LogP contribution is 2.27. The first kappa shape index (κ1) is 19.9. The zero-order valence-corrected chi connectivity index (χ0v) is 16.8. The number of rotatable bonds is 6. The predicted molar refractivity (Wildman–Crippen MR) is 108 cm³/mol. The fourth-order valence-corrected chi connectivity index (χ4v) is 3.39. The number of aryl methyl sites for hydroxylation is 1. The van der Waals surface area contributed by atoms with Crippen LogP contribution < -0.4 is 19.7 Å². The molecule has 3 rings (SSSR count). The lowest BCUT2D eigenvalue weighted by Crippen LogP contribution is -2.28. The van der Waals surface area contributed by atoms with Crippen LogP contribution in [0.2, 0.25) is 0 Å². The van der Waals surface area contributed by atoms with E-state index < -0.39 is 0 Å². The quantitative estimate of drug-likeness (QED) is 0.825. The third kappa shape index (κ3) is 4.91. The first-order valence-corrected chi connectivity index (χ1v) is 9.70. The van der Waals surface area contributed by atoms with Crippen LogP contribution in [-0.2, 0) is 6.54 Å². The summed E-state index contributed by atoms with van der Waals surface area (Å²) in [6, 6.07) is 7.37. The molecule has 2 aromatic rings. The summed E-state index contributed by atoms with van der Waals surface area (Å²) < 4.78 is 10.6. The van der Waals surface area contributed by atoms with Gasteiger partial charge in [-0.1, -0.05) is 18.9 Å². The monoisotopic (exact) mass is 384 g/mol. The minimum absolute atomic E-state index is 0.212. The number of hydrogen-bond donors (Lipinski definition) is 1. The van der Waals surface area contributed by atoms with Crippen molar-refractivity contribution in [1.82, 2.24) is 15.3 Å². The number of ether oxygens (including phenoxy) is 2.